The van der Waals surface area contributed by atoms with Gasteiger partial charge in [0.25, 0.3) is 5.91 Å². The largest absolute Gasteiger partial charge is 0.352 e. The minimum absolute atomic E-state index is 0.0846. The van der Waals surface area contributed by atoms with Crippen LogP contribution in [0.2, 0.25) is 0 Å². The van der Waals surface area contributed by atoms with Crippen molar-refractivity contribution in [3.8, 4) is 0 Å². The molecule has 82 valence electrons. The summed E-state index contributed by atoms with van der Waals surface area (Å²) in [5.74, 6) is 0.408. The van der Waals surface area contributed by atoms with Crippen LogP contribution in [-0.2, 0) is 9.59 Å². The lowest BCUT2D eigenvalue weighted by atomic mass is 10.3. The number of nitrogens with one attached hydrogen (secondary N) is 1. The first-order chi connectivity index (χ1) is 7.02. The highest BCUT2D eigenvalue weighted by Gasteiger charge is 2.35. The van der Waals surface area contributed by atoms with Crippen LogP contribution in [0, 0.1) is 0 Å². The van der Waals surface area contributed by atoms with Gasteiger partial charge >= 0.3 is 0 Å². The summed E-state index contributed by atoms with van der Waals surface area (Å²) in [7, 11) is 5.14. The summed E-state index contributed by atoms with van der Waals surface area (Å²) >= 11 is 0. The van der Waals surface area contributed by atoms with Crippen molar-refractivity contribution in [3.63, 3.8) is 0 Å². The van der Waals surface area contributed by atoms with Crippen molar-refractivity contribution in [2.24, 2.45) is 0 Å². The van der Waals surface area contributed by atoms with E-state index in [9.17, 15) is 9.59 Å². The van der Waals surface area contributed by atoms with Crippen LogP contribution in [0.15, 0.2) is 11.5 Å². The molecule has 6 nitrogen and oxygen atoms in total. The van der Waals surface area contributed by atoms with Gasteiger partial charge in [0.2, 0.25) is 5.91 Å². The number of hydrogen-bond acceptors (Lipinski definition) is 4. The van der Waals surface area contributed by atoms with Gasteiger partial charge in [-0.15, -0.1) is 0 Å². The average molecular weight is 210 g/mol. The molecule has 0 fully saturated rings. The lowest BCUT2D eigenvalue weighted by Crippen LogP contribution is -2.39. The SMILES string of the molecule is CN1CC(=O)N(C)C2=C(C1=O)N(C)CN2. The fraction of sp³-hybridized carbons (Fsp3) is 0.556. The first kappa shape index (κ1) is 9.82. The number of carbonyl (C=O) groups is 2. The predicted octanol–water partition coefficient (Wildman–Crippen LogP) is -1.42. The van der Waals surface area contributed by atoms with Crippen LogP contribution >= 0.6 is 0 Å². The molecule has 2 aliphatic heterocycles. The highest BCUT2D eigenvalue weighted by Crippen LogP contribution is 2.20. The fourth-order valence-electron chi connectivity index (χ4n) is 1.77. The second kappa shape index (κ2) is 3.15. The lowest BCUT2D eigenvalue weighted by molar-refractivity contribution is -0.134. The zero-order valence-electron chi connectivity index (χ0n) is 9.07. The van der Waals surface area contributed by atoms with Gasteiger partial charge in [-0.3, -0.25) is 14.5 Å². The van der Waals surface area contributed by atoms with E-state index < -0.39 is 0 Å². The van der Waals surface area contributed by atoms with Crippen molar-refractivity contribution in [3.05, 3.63) is 11.5 Å². The molecule has 2 heterocycles. The van der Waals surface area contributed by atoms with E-state index >= 15 is 0 Å². The Hall–Kier alpha value is -1.72. The van der Waals surface area contributed by atoms with Crippen molar-refractivity contribution in [2.45, 2.75) is 0 Å². The molecule has 0 spiro atoms. The van der Waals surface area contributed by atoms with Crippen LogP contribution in [-0.4, -0.2) is 60.9 Å². The van der Waals surface area contributed by atoms with Crippen LogP contribution in [0.3, 0.4) is 0 Å². The molecule has 0 saturated carbocycles. The van der Waals surface area contributed by atoms with Crippen molar-refractivity contribution in [1.29, 1.82) is 0 Å². The topological polar surface area (TPSA) is 55.9 Å². The molecule has 2 amide bonds. The van der Waals surface area contributed by atoms with Gasteiger partial charge in [-0.05, 0) is 0 Å². The molecule has 0 bridgehead atoms. The fourth-order valence-corrected chi connectivity index (χ4v) is 1.77. The maximum atomic E-state index is 11.9. The molecule has 2 rings (SSSR count). The average Bonchev–Trinajstić information content (AvgIpc) is 2.54. The summed E-state index contributed by atoms with van der Waals surface area (Å²) < 4.78 is 0. The Labute approximate surface area is 88.1 Å². The van der Waals surface area contributed by atoms with Crippen LogP contribution in [0.4, 0.5) is 0 Å². The van der Waals surface area contributed by atoms with Gasteiger partial charge in [-0.2, -0.15) is 0 Å². The lowest BCUT2D eigenvalue weighted by Gasteiger charge is -2.19. The zero-order chi connectivity index (χ0) is 11.2. The molecule has 15 heavy (non-hydrogen) atoms. The standard InChI is InChI=1S/C9H14N4O2/c1-11-4-6(14)13(3)8-7(9(11)15)12(2)5-10-8/h10H,4-5H2,1-3H3. The molecule has 0 atom stereocenters. The maximum Gasteiger partial charge on any atom is 0.274 e. The number of nitrogens with zero attached hydrogens (tertiary/aromatic N) is 3. The second-order valence-corrected chi connectivity index (χ2v) is 3.84. The summed E-state index contributed by atoms with van der Waals surface area (Å²) in [5.41, 5.74) is 0.561. The third-order valence-corrected chi connectivity index (χ3v) is 2.72. The summed E-state index contributed by atoms with van der Waals surface area (Å²) in [5, 5.41) is 3.04. The van der Waals surface area contributed by atoms with E-state index in [1.165, 1.54) is 9.80 Å². The van der Waals surface area contributed by atoms with Crippen LogP contribution < -0.4 is 5.32 Å². The number of amides is 2. The second-order valence-electron chi connectivity index (χ2n) is 3.84. The van der Waals surface area contributed by atoms with Gasteiger partial charge in [0, 0.05) is 21.1 Å². The quantitative estimate of drug-likeness (QED) is 0.533. The van der Waals surface area contributed by atoms with Gasteiger partial charge in [-0.25, -0.2) is 0 Å². The third-order valence-electron chi connectivity index (χ3n) is 2.72. The molecule has 0 aromatic carbocycles. The van der Waals surface area contributed by atoms with Crippen molar-refractivity contribution in [2.75, 3.05) is 34.4 Å². The summed E-state index contributed by atoms with van der Waals surface area (Å²) in [6, 6.07) is 0. The molecule has 0 aromatic heterocycles. The normalized spacial score (nSPS) is 21.9. The zero-order valence-corrected chi connectivity index (χ0v) is 9.07. The number of carbonyl (C=O) groups excluding carboxylic acids is 2. The smallest absolute Gasteiger partial charge is 0.274 e. The maximum absolute atomic E-state index is 11.9. The molecule has 6 heteroatoms. The molecule has 0 aromatic rings. The Kier molecular flexibility index (Phi) is 2.06. The minimum Gasteiger partial charge on any atom is -0.352 e. The minimum atomic E-state index is -0.116. The highest BCUT2D eigenvalue weighted by atomic mass is 16.2. The van der Waals surface area contributed by atoms with E-state index in [1.54, 1.807) is 14.1 Å². The highest BCUT2D eigenvalue weighted by molar-refractivity contribution is 5.98. The molecule has 1 N–H and O–H groups in total. The van der Waals surface area contributed by atoms with E-state index in [0.29, 0.717) is 18.2 Å². The van der Waals surface area contributed by atoms with Crippen molar-refractivity contribution >= 4 is 11.8 Å². The van der Waals surface area contributed by atoms with E-state index in [1.807, 2.05) is 11.9 Å². The monoisotopic (exact) mass is 210 g/mol. The van der Waals surface area contributed by atoms with Gasteiger partial charge in [0.05, 0.1) is 6.67 Å². The Morgan fingerprint density at radius 3 is 2.47 bits per heavy atom. The molecular formula is C9H14N4O2. The molecule has 0 aliphatic carbocycles. The Balaban J connectivity index is 2.47. The Morgan fingerprint density at radius 1 is 1.13 bits per heavy atom. The van der Waals surface area contributed by atoms with Gasteiger partial charge in [0.15, 0.2) is 0 Å². The summed E-state index contributed by atoms with van der Waals surface area (Å²) in [6.45, 7) is 0.680. The van der Waals surface area contributed by atoms with Crippen LogP contribution in [0.1, 0.15) is 0 Å². The van der Waals surface area contributed by atoms with Gasteiger partial charge in [0.1, 0.15) is 18.1 Å². The van der Waals surface area contributed by atoms with Crippen LogP contribution in [0.25, 0.3) is 0 Å². The predicted molar refractivity (Wildman–Crippen MR) is 53.2 cm³/mol. The summed E-state index contributed by atoms with van der Waals surface area (Å²) in [6.07, 6.45) is 0. The first-order valence-corrected chi connectivity index (χ1v) is 4.73. The molecule has 0 saturated heterocycles. The van der Waals surface area contributed by atoms with Gasteiger partial charge in [-0.1, -0.05) is 0 Å². The molecule has 0 radical (unpaired) electrons. The Bertz CT molecular complexity index is 363. The van der Waals surface area contributed by atoms with E-state index in [0.717, 1.165) is 0 Å². The summed E-state index contributed by atoms with van der Waals surface area (Å²) in [4.78, 5) is 28.3. The number of likely N-dealkylation sites (N-methyl/N-ethyl adjacent to an activating group) is 3. The van der Waals surface area contributed by atoms with Crippen molar-refractivity contribution in [1.82, 2.24) is 20.0 Å². The molecular weight excluding hydrogens is 196 g/mol. The molecule has 2 aliphatic rings. The van der Waals surface area contributed by atoms with E-state index in [-0.39, 0.29) is 18.4 Å². The van der Waals surface area contributed by atoms with Gasteiger partial charge < -0.3 is 15.1 Å². The number of hydrogen-bond donors (Lipinski definition) is 1. The van der Waals surface area contributed by atoms with Crippen LogP contribution in [0.5, 0.6) is 0 Å². The van der Waals surface area contributed by atoms with E-state index in [2.05, 4.69) is 5.32 Å². The van der Waals surface area contributed by atoms with E-state index in [4.69, 9.17) is 0 Å². The third kappa shape index (κ3) is 1.33. The van der Waals surface area contributed by atoms with Crippen molar-refractivity contribution < 1.29 is 9.59 Å². The first-order valence-electron chi connectivity index (χ1n) is 4.73. The number of rotatable bonds is 0. The Morgan fingerprint density at radius 2 is 1.80 bits per heavy atom. The molecule has 0 unspecified atom stereocenters.